The second-order valence-corrected chi connectivity index (χ2v) is 12.9. The van der Waals surface area contributed by atoms with E-state index in [2.05, 4.69) is 5.32 Å². The molecule has 3 aliphatic heterocycles. The van der Waals surface area contributed by atoms with Crippen molar-refractivity contribution in [3.63, 3.8) is 0 Å². The molecule has 3 amide bonds. The Morgan fingerprint density at radius 3 is 2.49 bits per heavy atom. The average Bonchev–Trinajstić information content (AvgIpc) is 3.49. The van der Waals surface area contributed by atoms with Crippen molar-refractivity contribution in [2.75, 3.05) is 34.9 Å². The molecule has 1 atom stereocenters. The highest BCUT2D eigenvalue weighted by Crippen LogP contribution is 2.45. The zero-order valence-electron chi connectivity index (χ0n) is 20.7. The number of thiocarbonyl (C=S) groups is 1. The van der Waals surface area contributed by atoms with Gasteiger partial charge >= 0.3 is 5.97 Å². The Morgan fingerprint density at radius 2 is 1.82 bits per heavy atom. The minimum atomic E-state index is -3.25. The van der Waals surface area contributed by atoms with E-state index in [0.717, 1.165) is 11.8 Å². The molecule has 2 saturated heterocycles. The molecule has 3 heterocycles. The molecule has 0 aliphatic carbocycles. The molecule has 0 spiro atoms. The Labute approximate surface area is 234 Å². The zero-order valence-corrected chi connectivity index (χ0v) is 23.2. The standard InChI is InChI=1S/C26H23N3O7S3/c1-2-36-25(33)15-7-9-16(10-8-15)27-20(30)13-28-19-6-4-3-5-18(19)21(23(28)31)22-24(32)29(26(37)38-22)17-11-12-39(34,35)14-17/h3-10,17H,2,11-14H2,1H3,(H,27,30)/b22-21+/t17-/m1/s1. The number of nitrogens with zero attached hydrogens (tertiary/aromatic N) is 2. The molecule has 1 N–H and O–H groups in total. The number of esters is 1. The van der Waals surface area contributed by atoms with Gasteiger partial charge in [-0.2, -0.15) is 0 Å². The molecule has 0 unspecified atom stereocenters. The maximum Gasteiger partial charge on any atom is 0.338 e. The van der Waals surface area contributed by atoms with Gasteiger partial charge in [0, 0.05) is 11.3 Å². The maximum absolute atomic E-state index is 13.6. The highest BCUT2D eigenvalue weighted by atomic mass is 32.2. The first-order valence-corrected chi connectivity index (χ1v) is 15.1. The fourth-order valence-electron chi connectivity index (χ4n) is 4.73. The molecule has 0 aromatic heterocycles. The van der Waals surface area contributed by atoms with Crippen LogP contribution >= 0.6 is 24.0 Å². The molecule has 13 heteroatoms. The van der Waals surface area contributed by atoms with Gasteiger partial charge in [0.15, 0.2) is 9.84 Å². The zero-order chi connectivity index (χ0) is 27.9. The number of rotatable bonds is 6. The van der Waals surface area contributed by atoms with Gasteiger partial charge in [0.2, 0.25) is 5.91 Å². The molecule has 3 aliphatic rings. The number of ether oxygens (including phenoxy) is 1. The molecule has 5 rings (SSSR count). The van der Waals surface area contributed by atoms with Crippen LogP contribution in [0.1, 0.15) is 29.3 Å². The van der Waals surface area contributed by atoms with Gasteiger partial charge in [-0.05, 0) is 43.7 Å². The highest BCUT2D eigenvalue weighted by Gasteiger charge is 2.46. The first-order valence-electron chi connectivity index (χ1n) is 12.1. The van der Waals surface area contributed by atoms with Crippen molar-refractivity contribution in [1.29, 1.82) is 0 Å². The average molecular weight is 586 g/mol. The van der Waals surface area contributed by atoms with Crippen molar-refractivity contribution < 1.29 is 32.3 Å². The number of carbonyl (C=O) groups excluding carboxylic acids is 4. The van der Waals surface area contributed by atoms with Crippen molar-refractivity contribution in [3.05, 3.63) is 64.6 Å². The predicted molar refractivity (Wildman–Crippen MR) is 151 cm³/mol. The van der Waals surface area contributed by atoms with E-state index in [9.17, 15) is 27.6 Å². The van der Waals surface area contributed by atoms with Gasteiger partial charge < -0.3 is 10.1 Å². The fourth-order valence-corrected chi connectivity index (χ4v) is 7.90. The Kier molecular flexibility index (Phi) is 7.31. The van der Waals surface area contributed by atoms with Crippen LogP contribution in [0.3, 0.4) is 0 Å². The van der Waals surface area contributed by atoms with Crippen LogP contribution in [0.4, 0.5) is 11.4 Å². The summed E-state index contributed by atoms with van der Waals surface area (Å²) < 4.78 is 29.2. The van der Waals surface area contributed by atoms with Crippen LogP contribution in [0.2, 0.25) is 0 Å². The summed E-state index contributed by atoms with van der Waals surface area (Å²) in [6, 6.07) is 12.4. The van der Waals surface area contributed by atoms with Crippen LogP contribution in [0.5, 0.6) is 0 Å². The Hall–Kier alpha value is -3.55. The topological polar surface area (TPSA) is 130 Å². The van der Waals surface area contributed by atoms with E-state index < -0.39 is 39.6 Å². The number of carbonyl (C=O) groups is 4. The Bertz CT molecular complexity index is 1550. The highest BCUT2D eigenvalue weighted by molar-refractivity contribution is 8.26. The smallest absolute Gasteiger partial charge is 0.338 e. The molecule has 2 fully saturated rings. The molecular formula is C26H23N3O7S3. The van der Waals surface area contributed by atoms with E-state index in [-0.39, 0.29) is 45.9 Å². The molecule has 0 saturated carbocycles. The van der Waals surface area contributed by atoms with Crippen LogP contribution < -0.4 is 10.2 Å². The van der Waals surface area contributed by atoms with Gasteiger partial charge in [-0.15, -0.1) is 0 Å². The lowest BCUT2D eigenvalue weighted by Crippen LogP contribution is -2.39. The van der Waals surface area contributed by atoms with Crippen molar-refractivity contribution in [1.82, 2.24) is 4.90 Å². The van der Waals surface area contributed by atoms with E-state index >= 15 is 0 Å². The number of benzene rings is 2. The maximum atomic E-state index is 13.6. The van der Waals surface area contributed by atoms with Crippen LogP contribution in [-0.4, -0.2) is 72.0 Å². The molecule has 0 bridgehead atoms. The number of anilines is 2. The lowest BCUT2D eigenvalue weighted by Gasteiger charge is -2.21. The Morgan fingerprint density at radius 1 is 1.10 bits per heavy atom. The van der Waals surface area contributed by atoms with E-state index in [0.29, 0.717) is 22.5 Å². The van der Waals surface area contributed by atoms with E-state index in [1.54, 1.807) is 43.3 Å². The molecule has 0 radical (unpaired) electrons. The number of sulfone groups is 1. The van der Waals surface area contributed by atoms with Gasteiger partial charge in [0.25, 0.3) is 11.8 Å². The van der Waals surface area contributed by atoms with Gasteiger partial charge in [0.05, 0.1) is 45.9 Å². The molecule has 202 valence electrons. The third-order valence-electron chi connectivity index (χ3n) is 6.50. The summed E-state index contributed by atoms with van der Waals surface area (Å²) >= 11 is 6.38. The minimum Gasteiger partial charge on any atom is -0.462 e. The van der Waals surface area contributed by atoms with Crippen LogP contribution in [0.25, 0.3) is 5.57 Å². The monoisotopic (exact) mass is 585 g/mol. The third kappa shape index (κ3) is 5.21. The number of hydrogen-bond acceptors (Lipinski definition) is 9. The second kappa shape index (κ2) is 10.5. The summed E-state index contributed by atoms with van der Waals surface area (Å²) in [5.74, 6) is -2.16. The summed E-state index contributed by atoms with van der Waals surface area (Å²) in [4.78, 5) is 54.5. The van der Waals surface area contributed by atoms with Crippen molar-refractivity contribution >= 4 is 78.8 Å². The van der Waals surface area contributed by atoms with E-state index in [4.69, 9.17) is 17.0 Å². The largest absolute Gasteiger partial charge is 0.462 e. The minimum absolute atomic E-state index is 0.0170. The quantitative estimate of drug-likeness (QED) is 0.309. The predicted octanol–water partition coefficient (Wildman–Crippen LogP) is 2.61. The van der Waals surface area contributed by atoms with Gasteiger partial charge in [0.1, 0.15) is 10.9 Å². The molecule has 39 heavy (non-hydrogen) atoms. The summed E-state index contributed by atoms with van der Waals surface area (Å²) in [5.41, 5.74) is 1.88. The van der Waals surface area contributed by atoms with Crippen molar-refractivity contribution in [2.24, 2.45) is 0 Å². The Balaban J connectivity index is 1.37. The lowest BCUT2D eigenvalue weighted by molar-refractivity contribution is -0.123. The molecule has 2 aromatic rings. The second-order valence-electron chi connectivity index (χ2n) is 9.06. The molecule has 2 aromatic carbocycles. The number of hydrogen-bond donors (Lipinski definition) is 1. The number of para-hydroxylation sites is 1. The number of fused-ring (bicyclic) bond motifs is 1. The number of nitrogens with one attached hydrogen (secondary N) is 1. The van der Waals surface area contributed by atoms with Gasteiger partial charge in [-0.1, -0.05) is 42.2 Å². The molecular weight excluding hydrogens is 563 g/mol. The SMILES string of the molecule is CCOC(=O)c1ccc(NC(=O)CN2C(=O)/C(=C3/SC(=S)N([C@@H]4CCS(=O)(=O)C4)C3=O)c3ccccc32)cc1. The van der Waals surface area contributed by atoms with E-state index in [1.165, 1.54) is 21.9 Å². The lowest BCUT2D eigenvalue weighted by atomic mass is 10.1. The third-order valence-corrected chi connectivity index (χ3v) is 9.66. The normalized spacial score (nSPS) is 21.9. The summed E-state index contributed by atoms with van der Waals surface area (Å²) in [5, 5.41) is 2.71. The van der Waals surface area contributed by atoms with Crippen LogP contribution in [0.15, 0.2) is 53.4 Å². The van der Waals surface area contributed by atoms with Gasteiger partial charge in [-0.25, -0.2) is 13.2 Å². The van der Waals surface area contributed by atoms with Crippen molar-refractivity contribution in [2.45, 2.75) is 19.4 Å². The number of amides is 3. The van der Waals surface area contributed by atoms with Crippen LogP contribution in [0, 0.1) is 0 Å². The fraction of sp³-hybridized carbons (Fsp3) is 0.269. The van der Waals surface area contributed by atoms with Gasteiger partial charge in [-0.3, -0.25) is 24.2 Å². The first-order chi connectivity index (χ1) is 18.6. The number of thioether (sulfide) groups is 1. The molecule has 10 nitrogen and oxygen atoms in total. The summed E-state index contributed by atoms with van der Waals surface area (Å²) in [7, 11) is -3.25. The summed E-state index contributed by atoms with van der Waals surface area (Å²) in [6.45, 7) is 1.64. The van der Waals surface area contributed by atoms with Crippen LogP contribution in [-0.2, 0) is 29.0 Å². The summed E-state index contributed by atoms with van der Waals surface area (Å²) in [6.07, 6.45) is 0.287. The first kappa shape index (κ1) is 27.0. The van der Waals surface area contributed by atoms with E-state index in [1.807, 2.05) is 0 Å². The van der Waals surface area contributed by atoms with Crippen molar-refractivity contribution in [3.8, 4) is 0 Å².